The van der Waals surface area contributed by atoms with Crippen LogP contribution in [0.5, 0.6) is 0 Å². The van der Waals surface area contributed by atoms with Crippen LogP contribution < -0.4 is 0 Å². The van der Waals surface area contributed by atoms with Crippen LogP contribution in [0.25, 0.3) is 11.3 Å². The maximum Gasteiger partial charge on any atom is 0.0703 e. The van der Waals surface area contributed by atoms with Gasteiger partial charge >= 0.3 is 0 Å². The van der Waals surface area contributed by atoms with E-state index in [1.54, 1.807) is 18.6 Å². The molecule has 0 aliphatic heterocycles. The molecule has 2 aromatic rings. The fraction of sp³-hybridized carbons (Fsp3) is 0.375. The van der Waals surface area contributed by atoms with E-state index in [0.29, 0.717) is 0 Å². The van der Waals surface area contributed by atoms with Crippen molar-refractivity contribution in [2.45, 2.75) is 41.5 Å². The molecule has 0 fully saturated rings. The third kappa shape index (κ3) is 7.55. The highest BCUT2D eigenvalue weighted by Gasteiger charge is 1.94. The molecule has 0 bridgehead atoms. The van der Waals surface area contributed by atoms with Crippen LogP contribution >= 0.6 is 0 Å². The minimum atomic E-state index is 0.986. The second kappa shape index (κ2) is 15.3. The Bertz CT molecular complexity index is 306. The van der Waals surface area contributed by atoms with Crippen molar-refractivity contribution in [1.29, 1.82) is 0 Å². The van der Waals surface area contributed by atoms with Gasteiger partial charge in [0.15, 0.2) is 0 Å². The molecule has 2 heterocycles. The minimum Gasteiger partial charge on any atom is -0.265 e. The zero-order valence-corrected chi connectivity index (χ0v) is 12.5. The second-order valence-corrected chi connectivity index (χ2v) is 2.45. The van der Waals surface area contributed by atoms with E-state index in [9.17, 15) is 0 Å². The van der Waals surface area contributed by atoms with E-state index in [4.69, 9.17) is 0 Å². The van der Waals surface area contributed by atoms with E-state index in [-0.39, 0.29) is 0 Å². The predicted octanol–water partition coefficient (Wildman–Crippen LogP) is 5.22. The number of hydrogen-bond donors (Lipinski definition) is 0. The minimum absolute atomic E-state index is 0.986. The van der Waals surface area contributed by atoms with Gasteiger partial charge in [0.1, 0.15) is 0 Å². The van der Waals surface area contributed by atoms with Crippen LogP contribution in [0.2, 0.25) is 0 Å². The molecule has 18 heavy (non-hydrogen) atoms. The van der Waals surface area contributed by atoms with E-state index in [1.807, 2.05) is 71.9 Å². The largest absolute Gasteiger partial charge is 0.265 e. The molecule has 0 aliphatic carbocycles. The van der Waals surface area contributed by atoms with Gasteiger partial charge in [0, 0.05) is 24.2 Å². The summed E-state index contributed by atoms with van der Waals surface area (Å²) < 4.78 is 0. The van der Waals surface area contributed by atoms with Gasteiger partial charge in [-0.2, -0.15) is 0 Å². The Labute approximate surface area is 112 Å². The van der Waals surface area contributed by atoms with Gasteiger partial charge in [-0.3, -0.25) is 9.97 Å². The summed E-state index contributed by atoms with van der Waals surface area (Å²) in [6.45, 7) is 12.0. The lowest BCUT2D eigenvalue weighted by molar-refractivity contribution is 1.29. The van der Waals surface area contributed by atoms with Crippen molar-refractivity contribution in [3.63, 3.8) is 0 Å². The van der Waals surface area contributed by atoms with Crippen molar-refractivity contribution in [3.8, 4) is 11.3 Å². The molecule has 0 radical (unpaired) electrons. The highest BCUT2D eigenvalue weighted by Crippen LogP contribution is 2.13. The standard InChI is InChI=1S/C10H8N2.3C2H6/c1-2-6-12-10(3-1)9-4-7-11-8-5-9;3*1-2/h1-8H;3*1-2H3. The molecule has 0 N–H and O–H groups in total. The smallest absolute Gasteiger partial charge is 0.0703 e. The number of aromatic nitrogens is 2. The molecule has 2 nitrogen and oxygen atoms in total. The lowest BCUT2D eigenvalue weighted by atomic mass is 10.2. The second-order valence-electron chi connectivity index (χ2n) is 2.45. The first-order valence-corrected chi connectivity index (χ1v) is 6.78. The van der Waals surface area contributed by atoms with E-state index in [2.05, 4.69) is 9.97 Å². The summed E-state index contributed by atoms with van der Waals surface area (Å²) in [5.74, 6) is 0. The maximum absolute atomic E-state index is 4.22. The topological polar surface area (TPSA) is 25.8 Å². The Kier molecular flexibility index (Phi) is 15.9. The van der Waals surface area contributed by atoms with Gasteiger partial charge in [0.05, 0.1) is 5.69 Å². The van der Waals surface area contributed by atoms with Crippen LogP contribution in [-0.4, -0.2) is 9.97 Å². The lowest BCUT2D eigenvalue weighted by Crippen LogP contribution is -1.80. The predicted molar refractivity (Wildman–Crippen MR) is 81.5 cm³/mol. The molecule has 0 unspecified atom stereocenters. The van der Waals surface area contributed by atoms with Crippen LogP contribution in [0.4, 0.5) is 0 Å². The van der Waals surface area contributed by atoms with Gasteiger partial charge in [-0.25, -0.2) is 0 Å². The van der Waals surface area contributed by atoms with Crippen LogP contribution in [-0.2, 0) is 0 Å². The molecule has 0 aromatic carbocycles. The highest BCUT2D eigenvalue weighted by atomic mass is 14.7. The SMILES string of the molecule is CC.CC.CC.c1ccc(-c2ccncc2)nc1. The number of nitrogens with zero attached hydrogens (tertiary/aromatic N) is 2. The monoisotopic (exact) mass is 246 g/mol. The summed E-state index contributed by atoms with van der Waals surface area (Å²) in [5, 5.41) is 0. The first-order valence-electron chi connectivity index (χ1n) is 6.78. The number of hydrogen-bond acceptors (Lipinski definition) is 2. The Balaban J connectivity index is 0. The summed E-state index contributed by atoms with van der Waals surface area (Å²) in [6.07, 6.45) is 5.32. The normalized spacial score (nSPS) is 7.44. The van der Waals surface area contributed by atoms with Crippen molar-refractivity contribution in [3.05, 3.63) is 48.9 Å². The zero-order valence-electron chi connectivity index (χ0n) is 12.5. The molecule has 2 rings (SSSR count). The summed E-state index contributed by atoms with van der Waals surface area (Å²) in [4.78, 5) is 8.16. The molecule has 0 saturated heterocycles. The zero-order chi connectivity index (χ0) is 14.2. The molecule has 0 spiro atoms. The van der Waals surface area contributed by atoms with E-state index < -0.39 is 0 Å². The average molecular weight is 246 g/mol. The Morgan fingerprint density at radius 3 is 1.67 bits per heavy atom. The van der Waals surface area contributed by atoms with E-state index in [1.165, 1.54) is 0 Å². The van der Waals surface area contributed by atoms with Crippen LogP contribution in [0, 0.1) is 0 Å². The Hall–Kier alpha value is -1.70. The van der Waals surface area contributed by atoms with Crippen LogP contribution in [0.3, 0.4) is 0 Å². The third-order valence-corrected chi connectivity index (χ3v) is 1.64. The molecule has 2 aromatic heterocycles. The van der Waals surface area contributed by atoms with Crippen molar-refractivity contribution < 1.29 is 0 Å². The van der Waals surface area contributed by atoms with Gasteiger partial charge in [-0.1, -0.05) is 47.6 Å². The van der Waals surface area contributed by atoms with Crippen molar-refractivity contribution in [2.75, 3.05) is 0 Å². The molecular weight excluding hydrogens is 220 g/mol. The van der Waals surface area contributed by atoms with Crippen molar-refractivity contribution >= 4 is 0 Å². The highest BCUT2D eigenvalue weighted by molar-refractivity contribution is 5.57. The van der Waals surface area contributed by atoms with Crippen LogP contribution in [0.1, 0.15) is 41.5 Å². The number of pyridine rings is 2. The summed E-state index contributed by atoms with van der Waals surface area (Å²) in [5.41, 5.74) is 2.09. The first kappa shape index (κ1) is 18.7. The molecule has 100 valence electrons. The molecule has 0 amide bonds. The fourth-order valence-corrected chi connectivity index (χ4v) is 1.06. The van der Waals surface area contributed by atoms with Crippen molar-refractivity contribution in [1.82, 2.24) is 9.97 Å². The van der Waals surface area contributed by atoms with Gasteiger partial charge in [0.25, 0.3) is 0 Å². The summed E-state index contributed by atoms with van der Waals surface area (Å²) >= 11 is 0. The Morgan fingerprint density at radius 2 is 1.22 bits per heavy atom. The van der Waals surface area contributed by atoms with Gasteiger partial charge in [-0.15, -0.1) is 0 Å². The quantitative estimate of drug-likeness (QED) is 0.689. The summed E-state index contributed by atoms with van der Waals surface area (Å²) in [6, 6.07) is 9.76. The first-order chi connectivity index (χ1) is 8.97. The lowest BCUT2D eigenvalue weighted by Gasteiger charge is -1.96. The Morgan fingerprint density at radius 1 is 0.667 bits per heavy atom. The molecule has 2 heteroatoms. The van der Waals surface area contributed by atoms with Crippen molar-refractivity contribution in [2.24, 2.45) is 0 Å². The average Bonchev–Trinajstić information content (AvgIpc) is 2.55. The van der Waals surface area contributed by atoms with E-state index >= 15 is 0 Å². The number of rotatable bonds is 1. The maximum atomic E-state index is 4.22. The fourth-order valence-electron chi connectivity index (χ4n) is 1.06. The van der Waals surface area contributed by atoms with Gasteiger partial charge in [-0.05, 0) is 24.3 Å². The molecular formula is C16H26N2. The van der Waals surface area contributed by atoms with Crippen LogP contribution in [0.15, 0.2) is 48.9 Å². The molecule has 0 atom stereocenters. The third-order valence-electron chi connectivity index (χ3n) is 1.64. The van der Waals surface area contributed by atoms with Gasteiger partial charge < -0.3 is 0 Å². The summed E-state index contributed by atoms with van der Waals surface area (Å²) in [7, 11) is 0. The van der Waals surface area contributed by atoms with Gasteiger partial charge in [0.2, 0.25) is 0 Å². The van der Waals surface area contributed by atoms with E-state index in [0.717, 1.165) is 11.3 Å². The molecule has 0 saturated carbocycles. The molecule has 0 aliphatic rings.